The van der Waals surface area contributed by atoms with Gasteiger partial charge in [0.2, 0.25) is 0 Å². The molecule has 2 heterocycles. The summed E-state index contributed by atoms with van der Waals surface area (Å²) in [6, 6.07) is 51.7. The van der Waals surface area contributed by atoms with Crippen LogP contribution in [-0.4, -0.2) is 0 Å². The van der Waals surface area contributed by atoms with Gasteiger partial charge in [-0.2, -0.15) is 0 Å². The van der Waals surface area contributed by atoms with Gasteiger partial charge < -0.3 is 4.42 Å². The van der Waals surface area contributed by atoms with Crippen LogP contribution in [0.25, 0.3) is 75.8 Å². The van der Waals surface area contributed by atoms with E-state index in [1.165, 1.54) is 36.9 Å². The SMILES string of the molecule is c1ccc(-c2ccccc2-c2oc(-c3cc4c(cc3-c3ccccc3)sc3ccccc34)c3ccccc23)cc1. The Balaban J connectivity index is 1.45. The molecule has 0 spiro atoms. The predicted molar refractivity (Wildman–Crippen MR) is 171 cm³/mol. The van der Waals surface area contributed by atoms with E-state index in [-0.39, 0.29) is 0 Å². The fraction of sp³-hybridized carbons (Fsp3) is 0. The fourth-order valence-corrected chi connectivity index (χ4v) is 6.98. The first kappa shape index (κ1) is 23.0. The van der Waals surface area contributed by atoms with Crippen molar-refractivity contribution in [3.05, 3.63) is 146 Å². The van der Waals surface area contributed by atoms with Crippen molar-refractivity contribution in [1.82, 2.24) is 0 Å². The van der Waals surface area contributed by atoms with Crippen LogP contribution in [0, 0.1) is 0 Å². The predicted octanol–water partition coefficient (Wildman–Crippen LogP) is 11.5. The summed E-state index contributed by atoms with van der Waals surface area (Å²) in [5, 5.41) is 4.79. The van der Waals surface area contributed by atoms with Crippen molar-refractivity contribution in [1.29, 1.82) is 0 Å². The molecule has 0 aliphatic carbocycles. The minimum absolute atomic E-state index is 0.902. The van der Waals surface area contributed by atoms with Crippen LogP contribution in [0.4, 0.5) is 0 Å². The highest BCUT2D eigenvalue weighted by Gasteiger charge is 2.22. The van der Waals surface area contributed by atoms with Crippen molar-refractivity contribution in [3.8, 4) is 44.9 Å². The zero-order valence-electron chi connectivity index (χ0n) is 21.7. The summed E-state index contributed by atoms with van der Waals surface area (Å²) >= 11 is 1.85. The maximum Gasteiger partial charge on any atom is 0.143 e. The van der Waals surface area contributed by atoms with Gasteiger partial charge in [-0.25, -0.2) is 0 Å². The lowest BCUT2D eigenvalue weighted by Crippen LogP contribution is -1.85. The second-order valence-corrected chi connectivity index (χ2v) is 11.2. The Kier molecular flexibility index (Phi) is 5.39. The molecule has 0 radical (unpaired) electrons. The highest BCUT2D eigenvalue weighted by Crippen LogP contribution is 2.47. The highest BCUT2D eigenvalue weighted by atomic mass is 32.1. The normalized spacial score (nSPS) is 11.5. The van der Waals surface area contributed by atoms with Crippen LogP contribution in [0.15, 0.2) is 150 Å². The molecule has 0 unspecified atom stereocenters. The molecule has 188 valence electrons. The molecular formula is C38H24OS. The van der Waals surface area contributed by atoms with Crippen LogP contribution in [0.1, 0.15) is 0 Å². The number of fused-ring (bicyclic) bond motifs is 4. The van der Waals surface area contributed by atoms with Crippen LogP contribution in [0.3, 0.4) is 0 Å². The van der Waals surface area contributed by atoms with E-state index in [0.29, 0.717) is 0 Å². The minimum Gasteiger partial charge on any atom is -0.455 e. The number of furan rings is 1. The van der Waals surface area contributed by atoms with Crippen molar-refractivity contribution in [2.24, 2.45) is 0 Å². The maximum absolute atomic E-state index is 7.00. The van der Waals surface area contributed by atoms with E-state index in [9.17, 15) is 0 Å². The van der Waals surface area contributed by atoms with Gasteiger partial charge in [-0.05, 0) is 40.5 Å². The van der Waals surface area contributed by atoms with E-state index in [1.807, 2.05) is 11.3 Å². The topological polar surface area (TPSA) is 13.1 Å². The van der Waals surface area contributed by atoms with Gasteiger partial charge in [0.25, 0.3) is 0 Å². The second kappa shape index (κ2) is 9.37. The molecule has 2 aromatic heterocycles. The molecule has 8 aromatic rings. The second-order valence-electron chi connectivity index (χ2n) is 10.1. The highest BCUT2D eigenvalue weighted by molar-refractivity contribution is 7.25. The van der Waals surface area contributed by atoms with E-state index >= 15 is 0 Å². The molecule has 0 aliphatic heterocycles. The molecule has 0 amide bonds. The average Bonchev–Trinajstić information content (AvgIpc) is 3.59. The molecule has 8 rings (SSSR count). The first-order valence-electron chi connectivity index (χ1n) is 13.5. The van der Waals surface area contributed by atoms with Crippen molar-refractivity contribution in [3.63, 3.8) is 0 Å². The molecule has 2 heteroatoms. The molecular weight excluding hydrogens is 504 g/mol. The number of hydrogen-bond acceptors (Lipinski definition) is 2. The summed E-state index contributed by atoms with van der Waals surface area (Å²) in [6.07, 6.45) is 0. The van der Waals surface area contributed by atoms with Gasteiger partial charge in [0, 0.05) is 42.1 Å². The van der Waals surface area contributed by atoms with Crippen molar-refractivity contribution >= 4 is 42.3 Å². The molecule has 0 fully saturated rings. The Morgan fingerprint density at radius 1 is 0.350 bits per heavy atom. The zero-order chi connectivity index (χ0) is 26.5. The first-order chi connectivity index (χ1) is 19.8. The Hall–Kier alpha value is -4.92. The lowest BCUT2D eigenvalue weighted by molar-refractivity contribution is 0.602. The molecule has 6 aromatic carbocycles. The molecule has 0 bridgehead atoms. The lowest BCUT2D eigenvalue weighted by Gasteiger charge is -2.10. The third-order valence-corrected chi connectivity index (χ3v) is 8.86. The number of thiophene rings is 1. The average molecular weight is 529 g/mol. The smallest absolute Gasteiger partial charge is 0.143 e. The quantitative estimate of drug-likeness (QED) is 0.221. The van der Waals surface area contributed by atoms with Crippen LogP contribution in [-0.2, 0) is 0 Å². The Labute approximate surface area is 236 Å². The molecule has 40 heavy (non-hydrogen) atoms. The minimum atomic E-state index is 0.902. The van der Waals surface area contributed by atoms with Gasteiger partial charge in [-0.1, -0.05) is 127 Å². The third kappa shape index (κ3) is 3.69. The van der Waals surface area contributed by atoms with Gasteiger partial charge >= 0.3 is 0 Å². The van der Waals surface area contributed by atoms with Crippen molar-refractivity contribution in [2.75, 3.05) is 0 Å². The van der Waals surface area contributed by atoms with Gasteiger partial charge in [-0.3, -0.25) is 0 Å². The lowest BCUT2D eigenvalue weighted by atomic mass is 9.94. The zero-order valence-corrected chi connectivity index (χ0v) is 22.5. The third-order valence-electron chi connectivity index (χ3n) is 7.72. The van der Waals surface area contributed by atoms with Gasteiger partial charge in [-0.15, -0.1) is 11.3 Å². The molecule has 0 atom stereocenters. The standard InChI is InChI=1S/C38H24OS/c1-3-13-25(14-4-1)27-17-7-8-19-29(27)37-30-20-9-10-21-31(30)38(39-37)34-23-33-28-18-11-12-22-35(28)40-36(33)24-32(34)26-15-5-2-6-16-26/h1-24H. The summed E-state index contributed by atoms with van der Waals surface area (Å²) < 4.78 is 9.59. The summed E-state index contributed by atoms with van der Waals surface area (Å²) in [4.78, 5) is 0. The van der Waals surface area contributed by atoms with Gasteiger partial charge in [0.05, 0.1) is 0 Å². The van der Waals surface area contributed by atoms with E-state index in [4.69, 9.17) is 4.42 Å². The first-order valence-corrected chi connectivity index (χ1v) is 14.3. The Bertz CT molecular complexity index is 2150. The van der Waals surface area contributed by atoms with Crippen LogP contribution >= 0.6 is 11.3 Å². The molecule has 0 saturated heterocycles. The number of rotatable bonds is 4. The van der Waals surface area contributed by atoms with E-state index < -0.39 is 0 Å². The van der Waals surface area contributed by atoms with E-state index in [1.54, 1.807) is 0 Å². The number of benzene rings is 6. The maximum atomic E-state index is 7.00. The fourth-order valence-electron chi connectivity index (χ4n) is 5.86. The summed E-state index contributed by atoms with van der Waals surface area (Å²) in [6.45, 7) is 0. The van der Waals surface area contributed by atoms with Gasteiger partial charge in [0.1, 0.15) is 11.5 Å². The number of hydrogen-bond donors (Lipinski definition) is 0. The van der Waals surface area contributed by atoms with Crippen LogP contribution in [0.2, 0.25) is 0 Å². The summed E-state index contributed by atoms with van der Waals surface area (Å²) in [5.74, 6) is 1.81. The van der Waals surface area contributed by atoms with Gasteiger partial charge in [0.15, 0.2) is 0 Å². The molecule has 1 nitrogen and oxygen atoms in total. The summed E-state index contributed by atoms with van der Waals surface area (Å²) in [5.41, 5.74) is 6.92. The van der Waals surface area contributed by atoms with E-state index in [0.717, 1.165) is 39.0 Å². The Morgan fingerprint density at radius 3 is 1.57 bits per heavy atom. The van der Waals surface area contributed by atoms with Crippen molar-refractivity contribution < 1.29 is 4.42 Å². The Morgan fingerprint density at radius 2 is 0.875 bits per heavy atom. The largest absolute Gasteiger partial charge is 0.455 e. The monoisotopic (exact) mass is 528 g/mol. The van der Waals surface area contributed by atoms with Crippen LogP contribution < -0.4 is 0 Å². The molecule has 0 N–H and O–H groups in total. The van der Waals surface area contributed by atoms with E-state index in [2.05, 4.69) is 146 Å². The summed E-state index contributed by atoms with van der Waals surface area (Å²) in [7, 11) is 0. The molecule has 0 saturated carbocycles. The molecule has 0 aliphatic rings. The van der Waals surface area contributed by atoms with Crippen molar-refractivity contribution in [2.45, 2.75) is 0 Å². The van der Waals surface area contributed by atoms with Crippen LogP contribution in [0.5, 0.6) is 0 Å².